The fraction of sp³-hybridized carbons (Fsp3) is 0.474. The Balaban J connectivity index is 1.79. The van der Waals surface area contributed by atoms with Gasteiger partial charge in [0.1, 0.15) is 11.4 Å². The molecule has 0 aliphatic carbocycles. The Morgan fingerprint density at radius 3 is 2.74 bits per heavy atom. The molecule has 0 radical (unpaired) electrons. The lowest BCUT2D eigenvalue weighted by molar-refractivity contribution is -0.114. The van der Waals surface area contributed by atoms with Crippen LogP contribution in [-0.2, 0) is 9.53 Å². The van der Waals surface area contributed by atoms with Crippen LogP contribution in [0.4, 0.5) is 5.69 Å². The van der Waals surface area contributed by atoms with Crippen LogP contribution in [0.5, 0.6) is 5.75 Å². The van der Waals surface area contributed by atoms with E-state index in [9.17, 15) is 9.59 Å². The van der Waals surface area contributed by atoms with Crippen molar-refractivity contribution in [3.63, 3.8) is 0 Å². The number of nitrogens with one attached hydrogen (secondary N) is 3. The van der Waals surface area contributed by atoms with Crippen LogP contribution in [0.3, 0.4) is 0 Å². The predicted molar refractivity (Wildman–Crippen MR) is 103 cm³/mol. The molecule has 0 saturated carbocycles. The zero-order valence-electron chi connectivity index (χ0n) is 15.9. The van der Waals surface area contributed by atoms with E-state index in [4.69, 9.17) is 9.47 Å². The molecule has 2 amide bonds. The molecule has 1 aliphatic heterocycles. The van der Waals surface area contributed by atoms with Crippen LogP contribution in [0.15, 0.2) is 18.2 Å². The van der Waals surface area contributed by atoms with Crippen LogP contribution in [0.2, 0.25) is 0 Å². The number of rotatable bonds is 6. The molecular weight excluding hydrogens is 348 g/mol. The van der Waals surface area contributed by atoms with Crippen molar-refractivity contribution in [2.45, 2.75) is 19.9 Å². The number of nitrogens with zero attached hydrogens (tertiary/aromatic N) is 1. The van der Waals surface area contributed by atoms with Gasteiger partial charge in [-0.25, -0.2) is 0 Å². The first-order valence-corrected chi connectivity index (χ1v) is 9.07. The Bertz CT molecular complexity index is 826. The number of carbonyl (C=O) groups excluding carboxylic acids is 2. The molecule has 1 atom stereocenters. The quantitative estimate of drug-likeness (QED) is 0.714. The molecular formula is C19H26N4O4. The highest BCUT2D eigenvalue weighted by Crippen LogP contribution is 2.31. The van der Waals surface area contributed by atoms with E-state index in [0.717, 1.165) is 37.2 Å². The fourth-order valence-corrected chi connectivity index (χ4v) is 3.25. The third-order valence-electron chi connectivity index (χ3n) is 4.76. The van der Waals surface area contributed by atoms with Crippen molar-refractivity contribution in [3.8, 4) is 5.75 Å². The van der Waals surface area contributed by atoms with E-state index in [2.05, 4.69) is 27.4 Å². The lowest BCUT2D eigenvalue weighted by Crippen LogP contribution is -2.47. The summed E-state index contributed by atoms with van der Waals surface area (Å²) < 4.78 is 10.6. The summed E-state index contributed by atoms with van der Waals surface area (Å²) >= 11 is 0. The minimum atomic E-state index is -0.256. The Morgan fingerprint density at radius 1 is 1.33 bits per heavy atom. The summed E-state index contributed by atoms with van der Waals surface area (Å²) in [4.78, 5) is 29.8. The van der Waals surface area contributed by atoms with E-state index < -0.39 is 0 Å². The van der Waals surface area contributed by atoms with Crippen molar-refractivity contribution in [1.82, 2.24) is 15.2 Å². The SMILES string of the molecule is COc1ccc2[nH]c(C(=O)NCC(C)N3CCOCC3)c(NC(C)=O)c2c1. The number of H-pyrrole nitrogens is 1. The minimum Gasteiger partial charge on any atom is -0.497 e. The van der Waals surface area contributed by atoms with Gasteiger partial charge < -0.3 is 25.1 Å². The summed E-state index contributed by atoms with van der Waals surface area (Å²) in [6, 6.07) is 5.63. The molecule has 8 nitrogen and oxygen atoms in total. The van der Waals surface area contributed by atoms with Crippen LogP contribution in [0.25, 0.3) is 10.9 Å². The van der Waals surface area contributed by atoms with Gasteiger partial charge in [0.15, 0.2) is 0 Å². The first-order chi connectivity index (χ1) is 13.0. The largest absolute Gasteiger partial charge is 0.497 e. The van der Waals surface area contributed by atoms with Gasteiger partial charge in [0.25, 0.3) is 5.91 Å². The molecule has 27 heavy (non-hydrogen) atoms. The van der Waals surface area contributed by atoms with Crippen LogP contribution < -0.4 is 15.4 Å². The summed E-state index contributed by atoms with van der Waals surface area (Å²) in [6.07, 6.45) is 0. The van der Waals surface area contributed by atoms with Crippen molar-refractivity contribution in [2.24, 2.45) is 0 Å². The lowest BCUT2D eigenvalue weighted by Gasteiger charge is -2.32. The van der Waals surface area contributed by atoms with Crippen molar-refractivity contribution < 1.29 is 19.1 Å². The second-order valence-electron chi connectivity index (χ2n) is 6.68. The minimum absolute atomic E-state index is 0.200. The van der Waals surface area contributed by atoms with Crippen molar-refractivity contribution in [3.05, 3.63) is 23.9 Å². The molecule has 1 unspecified atom stereocenters. The standard InChI is InChI=1S/C19H26N4O4/c1-12(23-6-8-27-9-7-23)11-20-19(25)18-17(21-13(2)24)15-10-14(26-3)4-5-16(15)22-18/h4-5,10,12,22H,6-9,11H2,1-3H3,(H,20,25)(H,21,24). The molecule has 0 bridgehead atoms. The maximum atomic E-state index is 12.8. The number of methoxy groups -OCH3 is 1. The molecule has 1 aromatic carbocycles. The summed E-state index contributed by atoms with van der Waals surface area (Å²) in [6.45, 7) is 7.17. The van der Waals surface area contributed by atoms with E-state index >= 15 is 0 Å². The molecule has 1 aliphatic rings. The van der Waals surface area contributed by atoms with Gasteiger partial charge in [0, 0.05) is 43.5 Å². The summed E-state index contributed by atoms with van der Waals surface area (Å²) in [5.41, 5.74) is 1.56. The number of fused-ring (bicyclic) bond motifs is 1. The van der Waals surface area contributed by atoms with Gasteiger partial charge in [0.05, 0.1) is 26.0 Å². The first-order valence-electron chi connectivity index (χ1n) is 9.07. The molecule has 146 valence electrons. The third-order valence-corrected chi connectivity index (χ3v) is 4.76. The highest BCUT2D eigenvalue weighted by atomic mass is 16.5. The topological polar surface area (TPSA) is 95.7 Å². The van der Waals surface area contributed by atoms with E-state index in [0.29, 0.717) is 23.7 Å². The summed E-state index contributed by atoms with van der Waals surface area (Å²) in [5.74, 6) is 0.157. The Morgan fingerprint density at radius 2 is 2.07 bits per heavy atom. The number of morpholine rings is 1. The van der Waals surface area contributed by atoms with Crippen LogP contribution >= 0.6 is 0 Å². The fourth-order valence-electron chi connectivity index (χ4n) is 3.25. The van der Waals surface area contributed by atoms with E-state index in [1.807, 2.05) is 6.07 Å². The third kappa shape index (κ3) is 4.40. The van der Waals surface area contributed by atoms with Crippen LogP contribution in [-0.4, -0.2) is 67.7 Å². The molecule has 8 heteroatoms. The second-order valence-corrected chi connectivity index (χ2v) is 6.68. The van der Waals surface area contributed by atoms with Crippen molar-refractivity contribution >= 4 is 28.4 Å². The van der Waals surface area contributed by atoms with Gasteiger partial charge in [-0.2, -0.15) is 0 Å². The van der Waals surface area contributed by atoms with Crippen LogP contribution in [0, 0.1) is 0 Å². The van der Waals surface area contributed by atoms with Gasteiger partial charge in [-0.1, -0.05) is 0 Å². The molecule has 1 fully saturated rings. The molecule has 3 rings (SSSR count). The molecule has 1 aromatic heterocycles. The van der Waals surface area contributed by atoms with E-state index in [1.54, 1.807) is 19.2 Å². The lowest BCUT2D eigenvalue weighted by atomic mass is 10.2. The van der Waals surface area contributed by atoms with E-state index in [1.165, 1.54) is 6.92 Å². The Hall–Kier alpha value is -2.58. The summed E-state index contributed by atoms with van der Waals surface area (Å²) in [5, 5.41) is 6.46. The van der Waals surface area contributed by atoms with Gasteiger partial charge in [-0.3, -0.25) is 14.5 Å². The predicted octanol–water partition coefficient (Wildman–Crippen LogP) is 1.59. The maximum Gasteiger partial charge on any atom is 0.269 e. The number of hydrogen-bond donors (Lipinski definition) is 3. The number of hydrogen-bond acceptors (Lipinski definition) is 5. The molecule has 1 saturated heterocycles. The number of carbonyl (C=O) groups is 2. The van der Waals surface area contributed by atoms with Crippen molar-refractivity contribution in [1.29, 1.82) is 0 Å². The zero-order chi connectivity index (χ0) is 19.4. The maximum absolute atomic E-state index is 12.8. The molecule has 2 heterocycles. The first kappa shape index (κ1) is 19.2. The Kier molecular flexibility index (Phi) is 5.98. The normalized spacial score (nSPS) is 16.1. The average molecular weight is 374 g/mol. The van der Waals surface area contributed by atoms with Gasteiger partial charge >= 0.3 is 0 Å². The molecule has 3 N–H and O–H groups in total. The highest BCUT2D eigenvalue weighted by molar-refractivity contribution is 6.12. The second kappa shape index (κ2) is 8.41. The number of ether oxygens (including phenoxy) is 2. The zero-order valence-corrected chi connectivity index (χ0v) is 15.9. The Labute approximate surface area is 158 Å². The molecule has 2 aromatic rings. The monoisotopic (exact) mass is 374 g/mol. The van der Waals surface area contributed by atoms with Gasteiger partial charge in [-0.05, 0) is 25.1 Å². The molecule has 0 spiro atoms. The number of aromatic nitrogens is 1. The number of aromatic amines is 1. The number of amides is 2. The van der Waals surface area contributed by atoms with Crippen molar-refractivity contribution in [2.75, 3.05) is 45.3 Å². The van der Waals surface area contributed by atoms with E-state index in [-0.39, 0.29) is 17.9 Å². The average Bonchev–Trinajstić information content (AvgIpc) is 3.03. The van der Waals surface area contributed by atoms with Gasteiger partial charge in [0.2, 0.25) is 5.91 Å². The highest BCUT2D eigenvalue weighted by Gasteiger charge is 2.22. The van der Waals surface area contributed by atoms with Crippen LogP contribution in [0.1, 0.15) is 24.3 Å². The smallest absolute Gasteiger partial charge is 0.269 e. The summed E-state index contributed by atoms with van der Waals surface area (Å²) in [7, 11) is 1.58. The van der Waals surface area contributed by atoms with Gasteiger partial charge in [-0.15, -0.1) is 0 Å². The number of anilines is 1. The number of benzene rings is 1.